The van der Waals surface area contributed by atoms with E-state index in [-0.39, 0.29) is 18.1 Å². The molecule has 1 unspecified atom stereocenters. The van der Waals surface area contributed by atoms with Crippen molar-refractivity contribution >= 4 is 13.9 Å². The lowest BCUT2D eigenvalue weighted by Crippen LogP contribution is -2.29. The molecule has 1 fully saturated rings. The zero-order valence-electron chi connectivity index (χ0n) is 25.3. The maximum Gasteiger partial charge on any atom is 0.162 e. The monoisotopic (exact) mass is 565 g/mol. The first-order valence-electron chi connectivity index (χ1n) is 14.2. The lowest BCUT2D eigenvalue weighted by molar-refractivity contribution is 0.0904. The Kier molecular flexibility index (Phi) is 9.32. The highest BCUT2D eigenvalue weighted by atomic mass is 28.3. The number of ether oxygens (including phenoxy) is 2. The van der Waals surface area contributed by atoms with E-state index in [9.17, 15) is 5.11 Å². The topological polar surface area (TPSA) is 107 Å². The van der Waals surface area contributed by atoms with E-state index in [2.05, 4.69) is 63.0 Å². The molecule has 10 heteroatoms. The Hall–Kier alpha value is -2.82. The van der Waals surface area contributed by atoms with Gasteiger partial charge in [0.1, 0.15) is 29.6 Å². The number of rotatable bonds is 10. The molecular weight excluding hydrogens is 520 g/mol. The van der Waals surface area contributed by atoms with Crippen LogP contribution in [0.3, 0.4) is 0 Å². The van der Waals surface area contributed by atoms with Crippen molar-refractivity contribution in [1.82, 2.24) is 25.0 Å². The van der Waals surface area contributed by atoms with Gasteiger partial charge in [-0.05, 0) is 50.7 Å². The lowest BCUT2D eigenvalue weighted by Gasteiger charge is -2.25. The van der Waals surface area contributed by atoms with Gasteiger partial charge in [-0.1, -0.05) is 57.8 Å². The summed E-state index contributed by atoms with van der Waals surface area (Å²) in [6.07, 6.45) is 3.97. The van der Waals surface area contributed by atoms with Crippen molar-refractivity contribution in [3.8, 4) is 28.5 Å². The van der Waals surface area contributed by atoms with E-state index in [4.69, 9.17) is 19.4 Å². The molecule has 0 amide bonds. The summed E-state index contributed by atoms with van der Waals surface area (Å²) in [6, 6.07) is 7.99. The van der Waals surface area contributed by atoms with Gasteiger partial charge >= 0.3 is 0 Å². The third-order valence-corrected chi connectivity index (χ3v) is 7.99. The summed E-state index contributed by atoms with van der Waals surface area (Å²) in [5, 5.41) is 23.1. The third kappa shape index (κ3) is 8.11. The number of aromatic nitrogens is 5. The van der Waals surface area contributed by atoms with Crippen LogP contribution in [0.4, 0.5) is 5.82 Å². The molecule has 0 aliphatic carbocycles. The van der Waals surface area contributed by atoms with Crippen LogP contribution in [0.2, 0.25) is 19.6 Å². The van der Waals surface area contributed by atoms with Gasteiger partial charge in [0.25, 0.3) is 0 Å². The Bertz CT molecular complexity index is 1290. The molecule has 9 nitrogen and oxygen atoms in total. The highest BCUT2D eigenvalue weighted by Gasteiger charge is 2.24. The fourth-order valence-corrected chi connectivity index (χ4v) is 5.96. The first-order chi connectivity index (χ1) is 18.8. The predicted molar refractivity (Wildman–Crippen MR) is 162 cm³/mol. The van der Waals surface area contributed by atoms with Gasteiger partial charge in [0.2, 0.25) is 0 Å². The normalized spacial score (nSPS) is 15.7. The predicted octanol–water partition coefficient (Wildman–Crippen LogP) is 5.48. The average molecular weight is 566 g/mol. The van der Waals surface area contributed by atoms with Crippen LogP contribution >= 0.6 is 0 Å². The first kappa shape index (κ1) is 30.1. The van der Waals surface area contributed by atoms with Gasteiger partial charge in [0.15, 0.2) is 5.82 Å². The van der Waals surface area contributed by atoms with E-state index >= 15 is 0 Å². The Labute approximate surface area is 239 Å². The molecule has 40 heavy (non-hydrogen) atoms. The molecule has 1 aliphatic heterocycles. The fraction of sp³-hybridized carbons (Fsp3) is 0.567. The van der Waals surface area contributed by atoms with Gasteiger partial charge in [-0.15, -0.1) is 5.10 Å². The Balaban J connectivity index is 1.69. The number of nitrogens with zero attached hydrogens (tertiary/aromatic N) is 5. The Morgan fingerprint density at radius 3 is 2.55 bits per heavy atom. The minimum Gasteiger partial charge on any atom is -0.491 e. The molecule has 2 aromatic heterocycles. The van der Waals surface area contributed by atoms with Crippen LogP contribution in [0.15, 0.2) is 24.3 Å². The third-order valence-electron chi connectivity index (χ3n) is 6.74. The maximum absolute atomic E-state index is 10.4. The van der Waals surface area contributed by atoms with Crippen LogP contribution in [0.1, 0.15) is 44.9 Å². The standard InChI is InChI=1S/C30H45N6O3Si/c1-20-26(27-21(2)36(35-34-27)19-40(6,7)8)32-29(33-28(20)31-23-12-14-38-15-13-23)22-10-9-11-25(16-22)39-18-24(37)17-30(3,4)5/h9-11,16-17,23-24,37H,12-15,18-19H2,1-8H3,(H,31,32,33). The molecule has 1 aromatic carbocycles. The average Bonchev–Trinajstić information content (AvgIpc) is 3.22. The van der Waals surface area contributed by atoms with Crippen molar-refractivity contribution in [1.29, 1.82) is 0 Å². The Morgan fingerprint density at radius 1 is 1.15 bits per heavy atom. The minimum absolute atomic E-state index is 0.0976. The van der Waals surface area contributed by atoms with Gasteiger partial charge < -0.3 is 19.9 Å². The second-order valence-corrected chi connectivity index (χ2v) is 18.5. The number of aliphatic hydroxyl groups excluding tert-OH is 1. The largest absolute Gasteiger partial charge is 0.491 e. The zero-order chi connectivity index (χ0) is 29.1. The molecule has 3 aromatic rings. The molecule has 3 heterocycles. The first-order valence-corrected chi connectivity index (χ1v) is 17.9. The van der Waals surface area contributed by atoms with Gasteiger partial charge in [-0.2, -0.15) is 0 Å². The zero-order valence-corrected chi connectivity index (χ0v) is 26.3. The number of anilines is 1. The second-order valence-electron chi connectivity index (χ2n) is 13.1. The number of hydrogen-bond donors (Lipinski definition) is 2. The highest BCUT2D eigenvalue weighted by Crippen LogP contribution is 2.32. The number of aliphatic hydroxyl groups is 1. The summed E-state index contributed by atoms with van der Waals surface area (Å²) in [6.45, 7) is 18.9. The maximum atomic E-state index is 10.4. The summed E-state index contributed by atoms with van der Waals surface area (Å²) in [4.78, 5) is 10.0. The fourth-order valence-electron chi connectivity index (χ4n) is 4.76. The van der Waals surface area contributed by atoms with E-state index < -0.39 is 14.2 Å². The minimum atomic E-state index is -1.40. The van der Waals surface area contributed by atoms with Crippen molar-refractivity contribution in [2.24, 2.45) is 5.41 Å². The molecule has 217 valence electrons. The van der Waals surface area contributed by atoms with Crippen molar-refractivity contribution in [2.75, 3.05) is 25.1 Å². The van der Waals surface area contributed by atoms with E-state index in [1.165, 1.54) is 0 Å². The lowest BCUT2D eigenvalue weighted by atomic mass is 9.89. The molecule has 1 aliphatic rings. The van der Waals surface area contributed by atoms with Crippen molar-refractivity contribution in [3.63, 3.8) is 0 Å². The van der Waals surface area contributed by atoms with Crippen molar-refractivity contribution in [3.05, 3.63) is 41.9 Å². The summed E-state index contributed by atoms with van der Waals surface area (Å²) in [5.74, 6) is 2.04. The molecule has 0 saturated carbocycles. The molecule has 1 radical (unpaired) electrons. The summed E-state index contributed by atoms with van der Waals surface area (Å²) >= 11 is 0. The SMILES string of the molecule is Cc1c(NC2CCOCC2)nc(-c2cccc(OCC(O)[CH]C(C)(C)C)c2)nc1-c1nnn(C[Si](C)(C)C)c1C. The van der Waals surface area contributed by atoms with Crippen LogP contribution < -0.4 is 10.1 Å². The molecular formula is C30H45N6O3Si. The van der Waals surface area contributed by atoms with Crippen LogP contribution in [-0.2, 0) is 10.9 Å². The van der Waals surface area contributed by atoms with E-state index in [1.807, 2.05) is 42.3 Å². The summed E-state index contributed by atoms with van der Waals surface area (Å²) in [7, 11) is -1.40. The van der Waals surface area contributed by atoms with Crippen LogP contribution in [-0.4, -0.2) is 70.1 Å². The van der Waals surface area contributed by atoms with Crippen LogP contribution in [0, 0.1) is 25.7 Å². The number of benzene rings is 1. The summed E-state index contributed by atoms with van der Waals surface area (Å²) < 4.78 is 13.5. The van der Waals surface area contributed by atoms with Gasteiger partial charge in [-0.3, -0.25) is 4.68 Å². The molecule has 2 N–H and O–H groups in total. The van der Waals surface area contributed by atoms with E-state index in [0.29, 0.717) is 11.6 Å². The highest BCUT2D eigenvalue weighted by molar-refractivity contribution is 6.74. The van der Waals surface area contributed by atoms with Gasteiger partial charge in [-0.25, -0.2) is 9.97 Å². The van der Waals surface area contributed by atoms with Crippen molar-refractivity contribution in [2.45, 2.75) is 85.4 Å². The number of hydrogen-bond acceptors (Lipinski definition) is 8. The van der Waals surface area contributed by atoms with Gasteiger partial charge in [0, 0.05) is 36.6 Å². The van der Waals surface area contributed by atoms with E-state index in [1.54, 1.807) is 0 Å². The molecule has 4 rings (SSSR count). The molecule has 1 saturated heterocycles. The van der Waals surface area contributed by atoms with Gasteiger partial charge in [0.05, 0.1) is 19.9 Å². The number of nitrogens with one attached hydrogen (secondary N) is 1. The molecule has 1 atom stereocenters. The quantitative estimate of drug-likeness (QED) is 0.311. The van der Waals surface area contributed by atoms with Crippen molar-refractivity contribution < 1.29 is 14.6 Å². The van der Waals surface area contributed by atoms with Crippen LogP contribution in [0.25, 0.3) is 22.8 Å². The van der Waals surface area contributed by atoms with E-state index in [0.717, 1.165) is 66.2 Å². The Morgan fingerprint density at radius 2 is 1.88 bits per heavy atom. The summed E-state index contributed by atoms with van der Waals surface area (Å²) in [5.41, 5.74) is 4.25. The molecule has 0 spiro atoms. The van der Waals surface area contributed by atoms with Crippen LogP contribution in [0.5, 0.6) is 5.75 Å². The smallest absolute Gasteiger partial charge is 0.162 e. The molecule has 0 bridgehead atoms. The second kappa shape index (κ2) is 12.4.